The standard InChI is InChI=1S/C14H21N3/c1-3-15-10-6-7-12(2)17-11-16-13-8-4-5-9-14(13)17/h4-5,8-9,11-12,15H,3,6-7,10H2,1-2H3. The van der Waals surface area contributed by atoms with Crippen LogP contribution in [0.3, 0.4) is 0 Å². The Kier molecular flexibility index (Phi) is 4.15. The lowest BCUT2D eigenvalue weighted by molar-refractivity contribution is 0.488. The van der Waals surface area contributed by atoms with Crippen molar-refractivity contribution in [3.05, 3.63) is 30.6 Å². The summed E-state index contributed by atoms with van der Waals surface area (Å²) in [5.74, 6) is 0. The second-order valence-corrected chi connectivity index (χ2v) is 4.49. The van der Waals surface area contributed by atoms with Crippen molar-refractivity contribution in [2.75, 3.05) is 13.1 Å². The van der Waals surface area contributed by atoms with Crippen molar-refractivity contribution in [3.8, 4) is 0 Å². The average molecular weight is 231 g/mol. The van der Waals surface area contributed by atoms with Crippen LogP contribution in [0.2, 0.25) is 0 Å². The van der Waals surface area contributed by atoms with E-state index in [0.717, 1.165) is 18.6 Å². The number of nitrogens with one attached hydrogen (secondary N) is 1. The summed E-state index contributed by atoms with van der Waals surface area (Å²) in [4.78, 5) is 4.43. The van der Waals surface area contributed by atoms with Gasteiger partial charge in [0.25, 0.3) is 0 Å². The normalized spacial score (nSPS) is 13.1. The molecule has 3 nitrogen and oxygen atoms in total. The second kappa shape index (κ2) is 5.82. The molecule has 1 aromatic carbocycles. The highest BCUT2D eigenvalue weighted by molar-refractivity contribution is 5.75. The molecule has 0 saturated carbocycles. The summed E-state index contributed by atoms with van der Waals surface area (Å²) in [7, 11) is 0. The van der Waals surface area contributed by atoms with Crippen molar-refractivity contribution < 1.29 is 0 Å². The molecule has 0 spiro atoms. The Hall–Kier alpha value is -1.35. The number of hydrogen-bond acceptors (Lipinski definition) is 2. The molecule has 1 heterocycles. The van der Waals surface area contributed by atoms with E-state index >= 15 is 0 Å². The number of aromatic nitrogens is 2. The first-order valence-corrected chi connectivity index (χ1v) is 6.45. The maximum atomic E-state index is 4.43. The Bertz CT molecular complexity index is 461. The fourth-order valence-corrected chi connectivity index (χ4v) is 2.17. The summed E-state index contributed by atoms with van der Waals surface area (Å²) in [5.41, 5.74) is 2.33. The fraction of sp³-hybridized carbons (Fsp3) is 0.500. The topological polar surface area (TPSA) is 29.9 Å². The third-order valence-electron chi connectivity index (χ3n) is 3.18. The van der Waals surface area contributed by atoms with E-state index in [1.807, 2.05) is 12.4 Å². The lowest BCUT2D eigenvalue weighted by atomic mass is 10.1. The maximum absolute atomic E-state index is 4.43. The summed E-state index contributed by atoms with van der Waals surface area (Å²) in [5, 5.41) is 3.36. The van der Waals surface area contributed by atoms with Crippen LogP contribution in [0.1, 0.15) is 32.7 Å². The molecule has 3 heteroatoms. The van der Waals surface area contributed by atoms with Crippen LogP contribution in [0.5, 0.6) is 0 Å². The first kappa shape index (κ1) is 12.1. The monoisotopic (exact) mass is 231 g/mol. The zero-order chi connectivity index (χ0) is 12.1. The Labute approximate surface area is 103 Å². The molecule has 2 rings (SSSR count). The molecule has 0 saturated heterocycles. The highest BCUT2D eigenvalue weighted by Crippen LogP contribution is 2.20. The van der Waals surface area contributed by atoms with Crippen molar-refractivity contribution in [1.82, 2.24) is 14.9 Å². The Morgan fingerprint density at radius 1 is 1.35 bits per heavy atom. The van der Waals surface area contributed by atoms with E-state index in [1.165, 1.54) is 18.4 Å². The van der Waals surface area contributed by atoms with Gasteiger partial charge in [0, 0.05) is 6.04 Å². The summed E-state index contributed by atoms with van der Waals surface area (Å²) < 4.78 is 2.28. The minimum Gasteiger partial charge on any atom is -0.328 e. The van der Waals surface area contributed by atoms with Crippen molar-refractivity contribution in [2.45, 2.75) is 32.7 Å². The molecule has 0 aliphatic heterocycles. The van der Waals surface area contributed by atoms with Crippen molar-refractivity contribution in [3.63, 3.8) is 0 Å². The lowest BCUT2D eigenvalue weighted by Crippen LogP contribution is -2.15. The van der Waals surface area contributed by atoms with Crippen LogP contribution in [-0.4, -0.2) is 22.6 Å². The second-order valence-electron chi connectivity index (χ2n) is 4.49. The van der Waals surface area contributed by atoms with Gasteiger partial charge in [-0.05, 0) is 45.0 Å². The van der Waals surface area contributed by atoms with Crippen LogP contribution >= 0.6 is 0 Å². The van der Waals surface area contributed by atoms with E-state index in [1.54, 1.807) is 0 Å². The van der Waals surface area contributed by atoms with Gasteiger partial charge >= 0.3 is 0 Å². The number of para-hydroxylation sites is 2. The number of imidazole rings is 1. The molecule has 1 N–H and O–H groups in total. The molecule has 1 atom stereocenters. The molecule has 0 bridgehead atoms. The summed E-state index contributed by atoms with van der Waals surface area (Å²) in [6.07, 6.45) is 4.36. The zero-order valence-corrected chi connectivity index (χ0v) is 10.7. The van der Waals surface area contributed by atoms with Gasteiger partial charge in [-0.1, -0.05) is 19.1 Å². The smallest absolute Gasteiger partial charge is 0.0960 e. The maximum Gasteiger partial charge on any atom is 0.0960 e. The van der Waals surface area contributed by atoms with E-state index in [0.29, 0.717) is 6.04 Å². The van der Waals surface area contributed by atoms with E-state index in [4.69, 9.17) is 0 Å². The van der Waals surface area contributed by atoms with E-state index in [-0.39, 0.29) is 0 Å². The van der Waals surface area contributed by atoms with Crippen molar-refractivity contribution in [2.24, 2.45) is 0 Å². The van der Waals surface area contributed by atoms with Gasteiger partial charge in [0.15, 0.2) is 0 Å². The average Bonchev–Trinajstić information content (AvgIpc) is 2.78. The molecule has 2 aromatic rings. The van der Waals surface area contributed by atoms with Crippen LogP contribution in [0.4, 0.5) is 0 Å². The van der Waals surface area contributed by atoms with E-state index in [9.17, 15) is 0 Å². The molecule has 0 amide bonds. The first-order valence-electron chi connectivity index (χ1n) is 6.45. The summed E-state index contributed by atoms with van der Waals surface area (Å²) >= 11 is 0. The SMILES string of the molecule is CCNCCCC(C)n1cnc2ccccc21. The summed E-state index contributed by atoms with van der Waals surface area (Å²) in [6, 6.07) is 8.84. The molecule has 92 valence electrons. The highest BCUT2D eigenvalue weighted by atomic mass is 15.1. The molecule has 1 aromatic heterocycles. The molecule has 0 aliphatic rings. The third-order valence-corrected chi connectivity index (χ3v) is 3.18. The van der Waals surface area contributed by atoms with Crippen LogP contribution < -0.4 is 5.32 Å². The minimum absolute atomic E-state index is 0.515. The molecule has 1 unspecified atom stereocenters. The quantitative estimate of drug-likeness (QED) is 0.775. The number of rotatable bonds is 6. The van der Waals surface area contributed by atoms with Gasteiger partial charge in [-0.25, -0.2) is 4.98 Å². The summed E-state index contributed by atoms with van der Waals surface area (Å²) in [6.45, 7) is 6.57. The number of hydrogen-bond donors (Lipinski definition) is 1. The number of nitrogens with zero attached hydrogens (tertiary/aromatic N) is 2. The minimum atomic E-state index is 0.515. The van der Waals surface area contributed by atoms with E-state index < -0.39 is 0 Å². The van der Waals surface area contributed by atoms with Gasteiger partial charge in [-0.2, -0.15) is 0 Å². The molecular weight excluding hydrogens is 210 g/mol. The third kappa shape index (κ3) is 2.86. The number of benzene rings is 1. The van der Waals surface area contributed by atoms with Gasteiger partial charge in [-0.15, -0.1) is 0 Å². The molecule has 17 heavy (non-hydrogen) atoms. The van der Waals surface area contributed by atoms with Crippen LogP contribution in [0.25, 0.3) is 11.0 Å². The van der Waals surface area contributed by atoms with Gasteiger partial charge in [0.05, 0.1) is 17.4 Å². The zero-order valence-electron chi connectivity index (χ0n) is 10.7. The number of fused-ring (bicyclic) bond motifs is 1. The largest absolute Gasteiger partial charge is 0.328 e. The Balaban J connectivity index is 2.01. The predicted octanol–water partition coefficient (Wildman–Crippen LogP) is 2.99. The predicted molar refractivity (Wildman–Crippen MR) is 72.2 cm³/mol. The molecule has 0 fully saturated rings. The van der Waals surface area contributed by atoms with Crippen LogP contribution in [-0.2, 0) is 0 Å². The molecular formula is C14H21N3. The van der Waals surface area contributed by atoms with Crippen LogP contribution in [0.15, 0.2) is 30.6 Å². The van der Waals surface area contributed by atoms with E-state index in [2.05, 4.69) is 46.9 Å². The highest BCUT2D eigenvalue weighted by Gasteiger charge is 2.08. The van der Waals surface area contributed by atoms with Crippen molar-refractivity contribution >= 4 is 11.0 Å². The van der Waals surface area contributed by atoms with Gasteiger partial charge in [-0.3, -0.25) is 0 Å². The lowest BCUT2D eigenvalue weighted by Gasteiger charge is -2.14. The fourth-order valence-electron chi connectivity index (χ4n) is 2.17. The molecule has 0 aliphatic carbocycles. The van der Waals surface area contributed by atoms with Crippen LogP contribution in [0, 0.1) is 0 Å². The Morgan fingerprint density at radius 2 is 2.18 bits per heavy atom. The first-order chi connectivity index (χ1) is 8.33. The molecule has 0 radical (unpaired) electrons. The van der Waals surface area contributed by atoms with Gasteiger partial charge in [0.2, 0.25) is 0 Å². The van der Waals surface area contributed by atoms with Gasteiger partial charge < -0.3 is 9.88 Å². The van der Waals surface area contributed by atoms with Gasteiger partial charge in [0.1, 0.15) is 0 Å². The Morgan fingerprint density at radius 3 is 3.00 bits per heavy atom. The van der Waals surface area contributed by atoms with Crippen molar-refractivity contribution in [1.29, 1.82) is 0 Å².